The van der Waals surface area contributed by atoms with E-state index in [1.165, 1.54) is 25.7 Å². The molecule has 0 radical (unpaired) electrons. The summed E-state index contributed by atoms with van der Waals surface area (Å²) < 4.78 is 10.8. The minimum Gasteiger partial charge on any atom is -0.394 e. The molecule has 1 aliphatic rings. The Morgan fingerprint density at radius 2 is 1.74 bits per heavy atom. The normalized spacial score (nSPS) is 31.6. The second kappa shape index (κ2) is 9.66. The van der Waals surface area contributed by atoms with E-state index >= 15 is 0 Å². The lowest BCUT2D eigenvalue weighted by Gasteiger charge is -2.36. The van der Waals surface area contributed by atoms with Crippen LogP contribution < -0.4 is 0 Å². The van der Waals surface area contributed by atoms with Gasteiger partial charge >= 0.3 is 0 Å². The van der Waals surface area contributed by atoms with Gasteiger partial charge in [-0.15, -0.1) is 0 Å². The molecule has 0 aliphatic carbocycles. The maximum atomic E-state index is 9.85. The van der Waals surface area contributed by atoms with Gasteiger partial charge in [-0.05, 0) is 6.42 Å². The quantitative estimate of drug-likeness (QED) is 0.544. The predicted octanol–water partition coefficient (Wildman–Crippen LogP) is 0.845. The Kier molecular flexibility index (Phi) is 8.57. The number of rotatable bonds is 9. The van der Waals surface area contributed by atoms with Crippen molar-refractivity contribution in [3.63, 3.8) is 0 Å². The van der Waals surface area contributed by atoms with Gasteiger partial charge in [-0.25, -0.2) is 0 Å². The first kappa shape index (κ1) is 16.9. The van der Waals surface area contributed by atoms with Crippen molar-refractivity contribution in [1.29, 1.82) is 0 Å². The topological polar surface area (TPSA) is 79.2 Å². The van der Waals surface area contributed by atoms with E-state index in [9.17, 15) is 10.2 Å². The molecule has 1 saturated heterocycles. The van der Waals surface area contributed by atoms with Crippen LogP contribution in [0.2, 0.25) is 0 Å². The van der Waals surface area contributed by atoms with Crippen LogP contribution in [0.25, 0.3) is 0 Å². The summed E-state index contributed by atoms with van der Waals surface area (Å²) in [6.45, 7) is 2.70. The van der Waals surface area contributed by atoms with E-state index in [4.69, 9.17) is 14.6 Å². The van der Waals surface area contributed by atoms with Crippen molar-refractivity contribution in [3.8, 4) is 0 Å². The molecule has 0 aromatic carbocycles. The van der Waals surface area contributed by atoms with Crippen molar-refractivity contribution in [3.05, 3.63) is 0 Å². The monoisotopic (exact) mass is 276 g/mol. The summed E-state index contributed by atoms with van der Waals surface area (Å²) in [5.74, 6) is 0. The molecule has 0 unspecified atom stereocenters. The van der Waals surface area contributed by atoms with Crippen molar-refractivity contribution in [2.45, 2.75) is 69.9 Å². The van der Waals surface area contributed by atoms with Gasteiger partial charge in [0.1, 0.15) is 24.4 Å². The Bertz CT molecular complexity index is 224. The van der Waals surface area contributed by atoms with E-state index in [0.717, 1.165) is 12.8 Å². The van der Waals surface area contributed by atoms with Crippen molar-refractivity contribution in [2.24, 2.45) is 0 Å². The third-order valence-electron chi connectivity index (χ3n) is 3.60. The average molecular weight is 276 g/mol. The molecule has 0 aromatic rings. The summed E-state index contributed by atoms with van der Waals surface area (Å²) in [5.41, 5.74) is 0. The number of hydrogen-bond donors (Lipinski definition) is 3. The van der Waals surface area contributed by atoms with Crippen molar-refractivity contribution < 1.29 is 24.8 Å². The molecular formula is C14H28O5. The van der Waals surface area contributed by atoms with E-state index in [0.29, 0.717) is 6.61 Å². The van der Waals surface area contributed by atoms with Gasteiger partial charge in [0.15, 0.2) is 0 Å². The van der Waals surface area contributed by atoms with Crippen LogP contribution in [0.3, 0.4) is 0 Å². The maximum absolute atomic E-state index is 9.85. The van der Waals surface area contributed by atoms with Gasteiger partial charge in [0.25, 0.3) is 0 Å². The molecule has 1 aliphatic heterocycles. The second-order valence-corrected chi connectivity index (χ2v) is 5.21. The second-order valence-electron chi connectivity index (χ2n) is 5.21. The molecule has 1 rings (SSSR count). The van der Waals surface area contributed by atoms with Crippen molar-refractivity contribution in [1.82, 2.24) is 0 Å². The molecule has 0 bridgehead atoms. The van der Waals surface area contributed by atoms with E-state index < -0.39 is 24.4 Å². The molecule has 19 heavy (non-hydrogen) atoms. The fourth-order valence-corrected chi connectivity index (χ4v) is 2.28. The first-order valence-electron chi connectivity index (χ1n) is 7.40. The zero-order valence-electron chi connectivity index (χ0n) is 11.8. The first-order valence-corrected chi connectivity index (χ1v) is 7.40. The van der Waals surface area contributed by atoms with Gasteiger partial charge in [0.05, 0.1) is 13.2 Å². The summed E-state index contributed by atoms with van der Waals surface area (Å²) in [4.78, 5) is 0. The van der Waals surface area contributed by atoms with Crippen LogP contribution in [0, 0.1) is 0 Å². The molecule has 5 nitrogen and oxygen atoms in total. The highest BCUT2D eigenvalue weighted by atomic mass is 16.6. The summed E-state index contributed by atoms with van der Waals surface area (Å²) in [6, 6.07) is 0. The largest absolute Gasteiger partial charge is 0.394 e. The van der Waals surface area contributed by atoms with Crippen LogP contribution in [0.15, 0.2) is 0 Å². The van der Waals surface area contributed by atoms with Gasteiger partial charge < -0.3 is 24.8 Å². The Balaban J connectivity index is 2.09. The molecule has 0 amide bonds. The molecule has 5 heteroatoms. The van der Waals surface area contributed by atoms with Crippen LogP contribution in [-0.4, -0.2) is 59.6 Å². The number of aliphatic hydroxyl groups is 3. The van der Waals surface area contributed by atoms with Crippen LogP contribution >= 0.6 is 0 Å². The summed E-state index contributed by atoms with van der Waals surface area (Å²) in [5, 5.41) is 28.5. The highest BCUT2D eigenvalue weighted by molar-refractivity contribution is 4.87. The van der Waals surface area contributed by atoms with Crippen LogP contribution in [0.5, 0.6) is 0 Å². The van der Waals surface area contributed by atoms with Gasteiger partial charge in [-0.3, -0.25) is 0 Å². The summed E-state index contributed by atoms with van der Waals surface area (Å²) in [6.07, 6.45) is 3.85. The lowest BCUT2D eigenvalue weighted by atomic mass is 10.0. The van der Waals surface area contributed by atoms with Crippen molar-refractivity contribution in [2.75, 3.05) is 19.8 Å². The molecular weight excluding hydrogens is 248 g/mol. The smallest absolute Gasteiger partial charge is 0.111 e. The van der Waals surface area contributed by atoms with Gasteiger partial charge in [-0.2, -0.15) is 0 Å². The molecule has 0 spiro atoms. The van der Waals surface area contributed by atoms with E-state index in [2.05, 4.69) is 6.92 Å². The molecule has 0 saturated carbocycles. The zero-order valence-corrected chi connectivity index (χ0v) is 11.8. The van der Waals surface area contributed by atoms with E-state index in [1.54, 1.807) is 0 Å². The zero-order chi connectivity index (χ0) is 14.1. The minimum atomic E-state index is -1.08. The molecule has 1 fully saturated rings. The van der Waals surface area contributed by atoms with Gasteiger partial charge in [0.2, 0.25) is 0 Å². The molecule has 0 aromatic heterocycles. The van der Waals surface area contributed by atoms with Crippen LogP contribution in [0.1, 0.15) is 45.4 Å². The fourth-order valence-electron chi connectivity index (χ4n) is 2.28. The summed E-state index contributed by atoms with van der Waals surface area (Å²) >= 11 is 0. The first-order chi connectivity index (χ1) is 9.20. The Labute approximate surface area is 115 Å². The van der Waals surface area contributed by atoms with Crippen LogP contribution in [0.4, 0.5) is 0 Å². The molecule has 1 heterocycles. The summed E-state index contributed by atoms with van der Waals surface area (Å²) in [7, 11) is 0. The maximum Gasteiger partial charge on any atom is 0.111 e. The molecule has 3 N–H and O–H groups in total. The Hall–Kier alpha value is -0.200. The molecule has 4 atom stereocenters. The lowest BCUT2D eigenvalue weighted by molar-refractivity contribution is -0.208. The Morgan fingerprint density at radius 1 is 1.05 bits per heavy atom. The average Bonchev–Trinajstić information content (AvgIpc) is 2.42. The SMILES string of the molecule is CCCCCCCCO[C@@H]1CO[C@@H](CO)[C@H](O)[C@H]1O. The third kappa shape index (κ3) is 5.75. The van der Waals surface area contributed by atoms with Gasteiger partial charge in [0, 0.05) is 6.61 Å². The van der Waals surface area contributed by atoms with Crippen molar-refractivity contribution >= 4 is 0 Å². The third-order valence-corrected chi connectivity index (χ3v) is 3.60. The number of unbranched alkanes of at least 4 members (excludes halogenated alkanes) is 5. The molecule has 114 valence electrons. The number of aliphatic hydroxyl groups excluding tert-OH is 3. The van der Waals surface area contributed by atoms with E-state index in [-0.39, 0.29) is 13.2 Å². The predicted molar refractivity (Wildman–Crippen MR) is 72.0 cm³/mol. The minimum absolute atomic E-state index is 0.222. The lowest BCUT2D eigenvalue weighted by Crippen LogP contribution is -2.55. The fraction of sp³-hybridized carbons (Fsp3) is 1.00. The number of hydrogen-bond acceptors (Lipinski definition) is 5. The highest BCUT2D eigenvalue weighted by Crippen LogP contribution is 2.18. The standard InChI is InChI=1S/C14H28O5/c1-2-3-4-5-6-7-8-18-12-10-19-11(9-15)13(16)14(12)17/h11-17H,2-10H2,1H3/t11-,12+,13-,14-/m0/s1. The Morgan fingerprint density at radius 3 is 2.42 bits per heavy atom. The highest BCUT2D eigenvalue weighted by Gasteiger charge is 2.38. The van der Waals surface area contributed by atoms with E-state index in [1.807, 2.05) is 0 Å². The number of ether oxygens (including phenoxy) is 2. The van der Waals surface area contributed by atoms with Gasteiger partial charge in [-0.1, -0.05) is 39.0 Å². The van der Waals surface area contributed by atoms with Crippen LogP contribution in [-0.2, 0) is 9.47 Å².